The molecule has 1 N–H and O–H groups in total. The summed E-state index contributed by atoms with van der Waals surface area (Å²) >= 11 is 0. The third-order valence-electron chi connectivity index (χ3n) is 4.78. The second kappa shape index (κ2) is 5.48. The van der Waals surface area contributed by atoms with Crippen LogP contribution in [0.5, 0.6) is 0 Å². The van der Waals surface area contributed by atoms with Gasteiger partial charge in [0.15, 0.2) is 0 Å². The molecule has 5 heteroatoms. The van der Waals surface area contributed by atoms with E-state index in [0.717, 1.165) is 29.9 Å². The van der Waals surface area contributed by atoms with Crippen LogP contribution in [0, 0.1) is 5.41 Å². The van der Waals surface area contributed by atoms with Crippen LogP contribution in [0.25, 0.3) is 11.0 Å². The maximum absolute atomic E-state index is 10.8. The molecule has 0 saturated carbocycles. The number of hydrogen-bond donors (Lipinski definition) is 1. The molecule has 1 saturated heterocycles. The Labute approximate surface area is 130 Å². The summed E-state index contributed by atoms with van der Waals surface area (Å²) < 4.78 is 5.22. The summed E-state index contributed by atoms with van der Waals surface area (Å²) in [4.78, 5) is 11.4. The number of aromatic nitrogens is 2. The Morgan fingerprint density at radius 3 is 2.68 bits per heavy atom. The fourth-order valence-electron chi connectivity index (χ4n) is 3.16. The summed E-state index contributed by atoms with van der Waals surface area (Å²) in [5.41, 5.74) is 0.714. The molecule has 0 spiro atoms. The second-order valence-electron chi connectivity index (χ2n) is 6.74. The van der Waals surface area contributed by atoms with Gasteiger partial charge in [-0.05, 0) is 18.6 Å². The van der Waals surface area contributed by atoms with E-state index in [1.54, 1.807) is 7.11 Å². The van der Waals surface area contributed by atoms with Gasteiger partial charge in [-0.2, -0.15) is 0 Å². The van der Waals surface area contributed by atoms with E-state index in [0.29, 0.717) is 13.0 Å². The SMILES string of the molecule is COC[C@]1(O)CCN(c2cnc3ccccc3n2)CC1(C)C. The monoisotopic (exact) mass is 301 g/mol. The van der Waals surface area contributed by atoms with Crippen LogP contribution in [0.15, 0.2) is 30.5 Å². The average Bonchev–Trinajstić information content (AvgIpc) is 2.50. The van der Waals surface area contributed by atoms with Crippen molar-refractivity contribution in [2.75, 3.05) is 31.7 Å². The van der Waals surface area contributed by atoms with E-state index >= 15 is 0 Å². The predicted octanol–water partition coefficient (Wildman–Crippen LogP) is 2.24. The minimum Gasteiger partial charge on any atom is -0.387 e. The summed E-state index contributed by atoms with van der Waals surface area (Å²) in [6, 6.07) is 7.87. The lowest BCUT2D eigenvalue weighted by atomic mass is 9.70. The zero-order chi connectivity index (χ0) is 15.8. The van der Waals surface area contributed by atoms with E-state index in [4.69, 9.17) is 9.72 Å². The van der Waals surface area contributed by atoms with Gasteiger partial charge in [0.2, 0.25) is 0 Å². The van der Waals surface area contributed by atoms with Crippen molar-refractivity contribution in [1.82, 2.24) is 9.97 Å². The van der Waals surface area contributed by atoms with Gasteiger partial charge < -0.3 is 14.7 Å². The third kappa shape index (κ3) is 2.55. The number of nitrogens with zero attached hydrogens (tertiary/aromatic N) is 3. The second-order valence-corrected chi connectivity index (χ2v) is 6.74. The number of para-hydroxylation sites is 2. The minimum atomic E-state index is -0.803. The van der Waals surface area contributed by atoms with E-state index in [1.807, 2.05) is 30.5 Å². The number of fused-ring (bicyclic) bond motifs is 1. The van der Waals surface area contributed by atoms with E-state index in [9.17, 15) is 5.11 Å². The standard InChI is InChI=1S/C17H23N3O2/c1-16(2)11-20(9-8-17(16,21)12-22-3)15-10-18-13-6-4-5-7-14(13)19-15/h4-7,10,21H,8-9,11-12H2,1-3H3/t17-/m1/s1. The molecule has 2 heterocycles. The molecule has 0 aliphatic carbocycles. The highest BCUT2D eigenvalue weighted by atomic mass is 16.5. The first-order chi connectivity index (χ1) is 10.5. The number of piperidine rings is 1. The molecular formula is C17H23N3O2. The molecule has 2 aromatic rings. The highest BCUT2D eigenvalue weighted by molar-refractivity contribution is 5.75. The first kappa shape index (κ1) is 15.2. The van der Waals surface area contributed by atoms with Crippen molar-refractivity contribution in [3.63, 3.8) is 0 Å². The molecule has 1 fully saturated rings. The number of benzene rings is 1. The Balaban J connectivity index is 1.87. The van der Waals surface area contributed by atoms with Gasteiger partial charge in [-0.3, -0.25) is 4.98 Å². The van der Waals surface area contributed by atoms with Crippen LogP contribution in [0.4, 0.5) is 5.82 Å². The number of anilines is 1. The quantitative estimate of drug-likeness (QED) is 0.942. The van der Waals surface area contributed by atoms with Gasteiger partial charge >= 0.3 is 0 Å². The Morgan fingerprint density at radius 1 is 1.27 bits per heavy atom. The number of ether oxygens (including phenoxy) is 1. The molecule has 1 aliphatic rings. The predicted molar refractivity (Wildman–Crippen MR) is 87.0 cm³/mol. The highest BCUT2D eigenvalue weighted by Gasteiger charge is 2.47. The summed E-state index contributed by atoms with van der Waals surface area (Å²) in [6.07, 6.45) is 2.47. The zero-order valence-electron chi connectivity index (χ0n) is 13.4. The number of hydrogen-bond acceptors (Lipinski definition) is 5. The highest BCUT2D eigenvalue weighted by Crippen LogP contribution is 2.40. The lowest BCUT2D eigenvalue weighted by molar-refractivity contribution is -0.122. The normalized spacial score (nSPS) is 24.6. The lowest BCUT2D eigenvalue weighted by Crippen LogP contribution is -2.59. The van der Waals surface area contributed by atoms with E-state index in [1.165, 1.54) is 0 Å². The molecule has 5 nitrogen and oxygen atoms in total. The number of methoxy groups -OCH3 is 1. The molecule has 1 aliphatic heterocycles. The van der Waals surface area contributed by atoms with E-state index in [2.05, 4.69) is 23.7 Å². The van der Waals surface area contributed by atoms with E-state index < -0.39 is 5.60 Å². The molecule has 1 aromatic carbocycles. The van der Waals surface area contributed by atoms with Crippen molar-refractivity contribution in [2.45, 2.75) is 25.9 Å². The topological polar surface area (TPSA) is 58.5 Å². The van der Waals surface area contributed by atoms with Crippen molar-refractivity contribution in [1.29, 1.82) is 0 Å². The van der Waals surface area contributed by atoms with Crippen LogP contribution >= 0.6 is 0 Å². The van der Waals surface area contributed by atoms with Gasteiger partial charge in [0.25, 0.3) is 0 Å². The first-order valence-electron chi connectivity index (χ1n) is 7.63. The van der Waals surface area contributed by atoms with Gasteiger partial charge in [-0.25, -0.2) is 4.98 Å². The fraction of sp³-hybridized carbons (Fsp3) is 0.529. The Bertz CT molecular complexity index is 674. The van der Waals surface area contributed by atoms with Crippen molar-refractivity contribution in [3.8, 4) is 0 Å². The summed E-state index contributed by atoms with van der Waals surface area (Å²) in [5.74, 6) is 0.867. The van der Waals surface area contributed by atoms with Crippen LogP contribution < -0.4 is 4.90 Å². The molecule has 0 radical (unpaired) electrons. The van der Waals surface area contributed by atoms with Crippen LogP contribution in [-0.2, 0) is 4.74 Å². The van der Waals surface area contributed by atoms with Crippen molar-refractivity contribution >= 4 is 16.9 Å². The van der Waals surface area contributed by atoms with Crippen molar-refractivity contribution in [3.05, 3.63) is 30.5 Å². The van der Waals surface area contributed by atoms with Crippen molar-refractivity contribution < 1.29 is 9.84 Å². The lowest BCUT2D eigenvalue weighted by Gasteiger charge is -2.50. The molecule has 0 amide bonds. The molecule has 1 atom stereocenters. The zero-order valence-corrected chi connectivity index (χ0v) is 13.4. The largest absolute Gasteiger partial charge is 0.387 e. The van der Waals surface area contributed by atoms with Gasteiger partial charge in [-0.1, -0.05) is 26.0 Å². The summed E-state index contributed by atoms with van der Waals surface area (Å²) in [5, 5.41) is 10.8. The van der Waals surface area contributed by atoms with Crippen LogP contribution in [0.2, 0.25) is 0 Å². The maximum atomic E-state index is 10.8. The van der Waals surface area contributed by atoms with Gasteiger partial charge in [0, 0.05) is 25.6 Å². The first-order valence-corrected chi connectivity index (χ1v) is 7.63. The third-order valence-corrected chi connectivity index (χ3v) is 4.78. The van der Waals surface area contributed by atoms with Crippen LogP contribution in [0.1, 0.15) is 20.3 Å². The smallest absolute Gasteiger partial charge is 0.147 e. The summed E-state index contributed by atoms with van der Waals surface area (Å²) in [7, 11) is 1.63. The Hall–Kier alpha value is -1.72. The fourth-order valence-corrected chi connectivity index (χ4v) is 3.16. The van der Waals surface area contributed by atoms with Crippen LogP contribution in [-0.4, -0.2) is 47.5 Å². The summed E-state index contributed by atoms with van der Waals surface area (Å²) in [6.45, 7) is 5.98. The molecule has 0 unspecified atom stereocenters. The molecular weight excluding hydrogens is 278 g/mol. The average molecular weight is 301 g/mol. The Morgan fingerprint density at radius 2 is 2.00 bits per heavy atom. The maximum Gasteiger partial charge on any atom is 0.147 e. The molecule has 1 aromatic heterocycles. The number of rotatable bonds is 3. The number of aliphatic hydroxyl groups is 1. The van der Waals surface area contributed by atoms with Crippen LogP contribution in [0.3, 0.4) is 0 Å². The van der Waals surface area contributed by atoms with Gasteiger partial charge in [-0.15, -0.1) is 0 Å². The minimum absolute atomic E-state index is 0.283. The van der Waals surface area contributed by atoms with E-state index in [-0.39, 0.29) is 5.41 Å². The Kier molecular flexibility index (Phi) is 3.78. The van der Waals surface area contributed by atoms with Gasteiger partial charge in [0.1, 0.15) is 5.82 Å². The molecule has 0 bridgehead atoms. The van der Waals surface area contributed by atoms with Crippen molar-refractivity contribution in [2.24, 2.45) is 5.41 Å². The molecule has 3 rings (SSSR count). The van der Waals surface area contributed by atoms with Gasteiger partial charge in [0.05, 0.1) is 29.4 Å². The molecule has 118 valence electrons. The molecule has 22 heavy (non-hydrogen) atoms.